The molecule has 142 valence electrons. The number of aromatic nitrogens is 1. The maximum Gasteiger partial charge on any atom is 0.318 e. The van der Waals surface area contributed by atoms with Crippen LogP contribution in [-0.4, -0.2) is 54.0 Å². The molecule has 0 saturated carbocycles. The highest BCUT2D eigenvalue weighted by Gasteiger charge is 2.24. The van der Waals surface area contributed by atoms with Crippen LogP contribution in [0.15, 0.2) is 48.8 Å². The van der Waals surface area contributed by atoms with Crippen molar-refractivity contribution in [1.29, 1.82) is 0 Å². The number of hydrogen-bond donors (Lipinski definition) is 2. The molecule has 1 aromatic carbocycles. The minimum Gasteiger partial charge on any atom is -0.368 e. The molecule has 3 rings (SSSR count). The number of pyridine rings is 1. The Morgan fingerprint density at radius 2 is 1.67 bits per heavy atom. The molecule has 0 unspecified atom stereocenters. The highest BCUT2D eigenvalue weighted by molar-refractivity contribution is 5.96. The van der Waals surface area contributed by atoms with Gasteiger partial charge in [0.2, 0.25) is 5.91 Å². The maximum absolute atomic E-state index is 13.0. The second-order valence-corrected chi connectivity index (χ2v) is 6.35. The molecule has 0 bridgehead atoms. The first-order chi connectivity index (χ1) is 13.0. The van der Waals surface area contributed by atoms with E-state index in [0.29, 0.717) is 31.9 Å². The summed E-state index contributed by atoms with van der Waals surface area (Å²) in [6, 6.07) is 8.75. The normalized spacial score (nSPS) is 15.2. The summed E-state index contributed by atoms with van der Waals surface area (Å²) in [7, 11) is 0. The van der Waals surface area contributed by atoms with E-state index in [4.69, 9.17) is 0 Å². The summed E-state index contributed by atoms with van der Waals surface area (Å²) in [4.78, 5) is 32.3. The fraction of sp³-hybridized carbons (Fsp3) is 0.316. The predicted molar refractivity (Wildman–Crippen MR) is 101 cm³/mol. The van der Waals surface area contributed by atoms with E-state index in [0.717, 1.165) is 5.69 Å². The Morgan fingerprint density at radius 1 is 1.04 bits per heavy atom. The molecular weight excluding hydrogens is 349 g/mol. The molecular formula is C19H22FN5O2. The van der Waals surface area contributed by atoms with E-state index in [2.05, 4.69) is 20.5 Å². The summed E-state index contributed by atoms with van der Waals surface area (Å²) in [6.07, 6.45) is 3.17. The second-order valence-electron chi connectivity index (χ2n) is 6.35. The average Bonchev–Trinajstić information content (AvgIpc) is 2.69. The topological polar surface area (TPSA) is 77.6 Å². The number of carbonyl (C=O) groups is 2. The van der Waals surface area contributed by atoms with E-state index in [1.54, 1.807) is 48.5 Å². The van der Waals surface area contributed by atoms with Crippen molar-refractivity contribution in [2.75, 3.05) is 36.4 Å². The van der Waals surface area contributed by atoms with Crippen LogP contribution in [0.25, 0.3) is 0 Å². The zero-order valence-electron chi connectivity index (χ0n) is 15.1. The number of nitrogens with zero attached hydrogens (tertiary/aromatic N) is 3. The molecule has 0 aliphatic carbocycles. The van der Waals surface area contributed by atoms with Crippen LogP contribution in [0.5, 0.6) is 0 Å². The van der Waals surface area contributed by atoms with E-state index < -0.39 is 6.04 Å². The Morgan fingerprint density at radius 3 is 2.30 bits per heavy atom. The van der Waals surface area contributed by atoms with Crippen LogP contribution in [0.1, 0.15) is 6.92 Å². The summed E-state index contributed by atoms with van der Waals surface area (Å²) in [5, 5.41) is 5.45. The Labute approximate surface area is 157 Å². The summed E-state index contributed by atoms with van der Waals surface area (Å²) >= 11 is 0. The molecule has 3 amide bonds. The van der Waals surface area contributed by atoms with E-state index in [1.165, 1.54) is 12.1 Å². The number of anilines is 2. The average molecular weight is 371 g/mol. The third-order valence-corrected chi connectivity index (χ3v) is 4.44. The summed E-state index contributed by atoms with van der Waals surface area (Å²) < 4.78 is 13.0. The molecule has 1 atom stereocenters. The van der Waals surface area contributed by atoms with Gasteiger partial charge >= 0.3 is 6.03 Å². The van der Waals surface area contributed by atoms with Gasteiger partial charge in [0.15, 0.2) is 0 Å². The smallest absolute Gasteiger partial charge is 0.318 e. The van der Waals surface area contributed by atoms with Gasteiger partial charge in [0.25, 0.3) is 0 Å². The number of urea groups is 1. The first-order valence-electron chi connectivity index (χ1n) is 8.80. The lowest BCUT2D eigenvalue weighted by molar-refractivity contribution is -0.117. The molecule has 2 N–H and O–H groups in total. The van der Waals surface area contributed by atoms with Gasteiger partial charge in [-0.15, -0.1) is 0 Å². The van der Waals surface area contributed by atoms with Crippen molar-refractivity contribution in [3.8, 4) is 0 Å². The van der Waals surface area contributed by atoms with Crippen molar-refractivity contribution in [2.24, 2.45) is 0 Å². The third kappa shape index (κ3) is 4.93. The molecule has 27 heavy (non-hydrogen) atoms. The lowest BCUT2D eigenvalue weighted by atomic mass is 10.2. The molecule has 1 aliphatic rings. The van der Waals surface area contributed by atoms with Gasteiger partial charge in [-0.05, 0) is 43.3 Å². The number of piperazine rings is 1. The van der Waals surface area contributed by atoms with Crippen LogP contribution in [0.3, 0.4) is 0 Å². The number of rotatable bonds is 4. The molecule has 2 aromatic rings. The minimum absolute atomic E-state index is 0.268. The lowest BCUT2D eigenvalue weighted by Gasteiger charge is -2.36. The molecule has 7 nitrogen and oxygen atoms in total. The Bertz CT molecular complexity index is 776. The zero-order chi connectivity index (χ0) is 19.2. The molecule has 0 spiro atoms. The maximum atomic E-state index is 13.0. The van der Waals surface area contributed by atoms with Gasteiger partial charge in [0, 0.05) is 49.9 Å². The zero-order valence-corrected chi connectivity index (χ0v) is 15.1. The number of benzene rings is 1. The molecule has 1 aliphatic heterocycles. The summed E-state index contributed by atoms with van der Waals surface area (Å²) in [5.41, 5.74) is 1.56. The fourth-order valence-electron chi connectivity index (χ4n) is 2.85. The third-order valence-electron chi connectivity index (χ3n) is 4.44. The Balaban J connectivity index is 1.47. The largest absolute Gasteiger partial charge is 0.368 e. The quantitative estimate of drug-likeness (QED) is 0.863. The van der Waals surface area contributed by atoms with Crippen molar-refractivity contribution in [1.82, 2.24) is 15.2 Å². The van der Waals surface area contributed by atoms with Gasteiger partial charge in [-0.1, -0.05) is 0 Å². The van der Waals surface area contributed by atoms with Crippen LogP contribution in [0.2, 0.25) is 0 Å². The molecule has 8 heteroatoms. The Kier molecular flexibility index (Phi) is 5.85. The van der Waals surface area contributed by atoms with Crippen molar-refractivity contribution in [3.63, 3.8) is 0 Å². The highest BCUT2D eigenvalue weighted by Crippen LogP contribution is 2.17. The summed E-state index contributed by atoms with van der Waals surface area (Å²) in [6.45, 7) is 4.00. The fourth-order valence-corrected chi connectivity index (χ4v) is 2.85. The van der Waals surface area contributed by atoms with E-state index in [1.807, 2.05) is 0 Å². The minimum atomic E-state index is -0.666. The molecule has 1 saturated heterocycles. The molecule has 0 radical (unpaired) electrons. The van der Waals surface area contributed by atoms with E-state index in [-0.39, 0.29) is 17.8 Å². The van der Waals surface area contributed by atoms with Gasteiger partial charge in [-0.2, -0.15) is 0 Å². The van der Waals surface area contributed by atoms with Crippen molar-refractivity contribution in [3.05, 3.63) is 54.6 Å². The highest BCUT2D eigenvalue weighted by atomic mass is 19.1. The molecule has 2 heterocycles. The standard InChI is InChI=1S/C19H22FN5O2/c1-14(18(26)23-16-6-8-21-9-7-16)22-19(27)25-12-10-24(11-13-25)17-4-2-15(20)3-5-17/h2-9,14H,10-13H2,1H3,(H,22,27)(H,21,23,26)/t14-/m1/s1. The van der Waals surface area contributed by atoms with Gasteiger partial charge in [-0.25, -0.2) is 9.18 Å². The first-order valence-corrected chi connectivity index (χ1v) is 8.80. The number of nitrogens with one attached hydrogen (secondary N) is 2. The predicted octanol–water partition coefficient (Wildman–Crippen LogP) is 2.08. The summed E-state index contributed by atoms with van der Waals surface area (Å²) in [5.74, 6) is -0.560. The van der Waals surface area contributed by atoms with Gasteiger partial charge in [0.1, 0.15) is 11.9 Å². The SMILES string of the molecule is C[C@@H](NC(=O)N1CCN(c2ccc(F)cc2)CC1)C(=O)Nc1ccncc1. The Hall–Kier alpha value is -3.16. The van der Waals surface area contributed by atoms with Crippen molar-refractivity contribution in [2.45, 2.75) is 13.0 Å². The van der Waals surface area contributed by atoms with Crippen molar-refractivity contribution < 1.29 is 14.0 Å². The monoisotopic (exact) mass is 371 g/mol. The van der Waals surface area contributed by atoms with Crippen LogP contribution < -0.4 is 15.5 Å². The number of hydrogen-bond acceptors (Lipinski definition) is 4. The second kappa shape index (κ2) is 8.48. The number of halogens is 1. The van der Waals surface area contributed by atoms with E-state index in [9.17, 15) is 14.0 Å². The first kappa shape index (κ1) is 18.6. The van der Waals surface area contributed by atoms with Crippen LogP contribution in [-0.2, 0) is 4.79 Å². The van der Waals surface area contributed by atoms with E-state index >= 15 is 0 Å². The molecule has 1 aromatic heterocycles. The van der Waals surface area contributed by atoms with Crippen LogP contribution in [0.4, 0.5) is 20.6 Å². The number of amides is 3. The van der Waals surface area contributed by atoms with Gasteiger partial charge < -0.3 is 20.4 Å². The number of carbonyl (C=O) groups excluding carboxylic acids is 2. The van der Waals surface area contributed by atoms with Gasteiger partial charge in [0.05, 0.1) is 0 Å². The van der Waals surface area contributed by atoms with Gasteiger partial charge in [-0.3, -0.25) is 9.78 Å². The molecule has 1 fully saturated rings. The van der Waals surface area contributed by atoms with Crippen molar-refractivity contribution >= 4 is 23.3 Å². The van der Waals surface area contributed by atoms with Crippen LogP contribution in [0, 0.1) is 5.82 Å². The van der Waals surface area contributed by atoms with Crippen LogP contribution >= 0.6 is 0 Å². The lowest BCUT2D eigenvalue weighted by Crippen LogP contribution is -2.54.